The standard InChI is InChI=1S/C20H13ClFN3O3S/c1-27-15-7-2-4-11-10-12(18(26)25-20-23-8-9-29-20)19(28-17(11)15)24-14-6-3-5-13(21)16(14)22/h2-10H,1H3,(H,23,25,26). The number of methoxy groups -OCH3 is 1. The summed E-state index contributed by atoms with van der Waals surface area (Å²) in [5.41, 5.74) is 0.346. The monoisotopic (exact) mass is 429 g/mol. The quantitative estimate of drug-likeness (QED) is 0.485. The number of carbonyl (C=O) groups is 1. The zero-order valence-electron chi connectivity index (χ0n) is 15.0. The molecule has 9 heteroatoms. The molecular formula is C20H13ClFN3O3S. The van der Waals surface area contributed by atoms with E-state index in [1.165, 1.54) is 30.6 Å². The fraction of sp³-hybridized carbons (Fsp3) is 0.0500. The number of nitrogens with one attached hydrogen (secondary N) is 1. The highest BCUT2D eigenvalue weighted by Gasteiger charge is 2.16. The van der Waals surface area contributed by atoms with E-state index >= 15 is 0 Å². The SMILES string of the molecule is COc1cccc2cc(C(=O)Nc3nccs3)c(=Nc3cccc(Cl)c3F)oc12. The molecule has 146 valence electrons. The van der Waals surface area contributed by atoms with Crippen molar-refractivity contribution in [2.24, 2.45) is 4.99 Å². The Labute approximate surface area is 173 Å². The Morgan fingerprint density at radius 3 is 2.90 bits per heavy atom. The Balaban J connectivity index is 1.95. The summed E-state index contributed by atoms with van der Waals surface area (Å²) in [5, 5.41) is 5.37. The van der Waals surface area contributed by atoms with Crippen molar-refractivity contribution in [2.75, 3.05) is 12.4 Å². The van der Waals surface area contributed by atoms with Gasteiger partial charge in [0, 0.05) is 17.0 Å². The number of anilines is 1. The van der Waals surface area contributed by atoms with Crippen LogP contribution in [0.15, 0.2) is 63.5 Å². The van der Waals surface area contributed by atoms with E-state index in [-0.39, 0.29) is 21.8 Å². The summed E-state index contributed by atoms with van der Waals surface area (Å²) in [6.07, 6.45) is 1.57. The molecule has 2 aromatic carbocycles. The van der Waals surface area contributed by atoms with E-state index in [0.29, 0.717) is 21.9 Å². The number of nitrogens with zero attached hydrogens (tertiary/aromatic N) is 2. The lowest BCUT2D eigenvalue weighted by Gasteiger charge is -2.08. The number of halogens is 2. The number of hydrogen-bond donors (Lipinski definition) is 1. The Kier molecular flexibility index (Phi) is 5.28. The van der Waals surface area contributed by atoms with E-state index in [0.717, 1.165) is 0 Å². The minimum atomic E-state index is -0.712. The summed E-state index contributed by atoms with van der Waals surface area (Å²) < 4.78 is 25.6. The largest absolute Gasteiger partial charge is 0.493 e. The molecule has 0 bridgehead atoms. The maximum absolute atomic E-state index is 14.4. The fourth-order valence-electron chi connectivity index (χ4n) is 2.67. The molecule has 0 aliphatic rings. The molecule has 4 aromatic rings. The second-order valence-corrected chi connectivity index (χ2v) is 7.12. The lowest BCUT2D eigenvalue weighted by atomic mass is 10.1. The van der Waals surface area contributed by atoms with Gasteiger partial charge in [0.2, 0.25) is 5.55 Å². The van der Waals surface area contributed by atoms with Crippen LogP contribution in [0.4, 0.5) is 15.2 Å². The molecule has 29 heavy (non-hydrogen) atoms. The summed E-state index contributed by atoms with van der Waals surface area (Å²) in [4.78, 5) is 21.1. The Bertz CT molecular complexity index is 1270. The molecule has 0 unspecified atom stereocenters. The Hall–Kier alpha value is -3.23. The molecule has 0 saturated heterocycles. The summed E-state index contributed by atoms with van der Waals surface area (Å²) >= 11 is 7.12. The van der Waals surface area contributed by atoms with Gasteiger partial charge in [-0.2, -0.15) is 0 Å². The van der Waals surface area contributed by atoms with Crippen molar-refractivity contribution < 1.29 is 18.3 Å². The van der Waals surface area contributed by atoms with Gasteiger partial charge < -0.3 is 9.15 Å². The van der Waals surface area contributed by atoms with Crippen LogP contribution in [-0.4, -0.2) is 18.0 Å². The number of fused-ring (bicyclic) bond motifs is 1. The second kappa shape index (κ2) is 8.02. The molecule has 0 spiro atoms. The zero-order chi connectivity index (χ0) is 20.4. The molecule has 2 heterocycles. The van der Waals surface area contributed by atoms with Gasteiger partial charge >= 0.3 is 0 Å². The number of carbonyl (C=O) groups excluding carboxylic acids is 1. The van der Waals surface area contributed by atoms with Gasteiger partial charge in [-0.1, -0.05) is 29.8 Å². The number of ether oxygens (including phenoxy) is 1. The highest BCUT2D eigenvalue weighted by Crippen LogP contribution is 2.27. The average molecular weight is 430 g/mol. The minimum Gasteiger partial charge on any atom is -0.493 e. The lowest BCUT2D eigenvalue weighted by molar-refractivity contribution is 0.102. The molecular weight excluding hydrogens is 417 g/mol. The van der Waals surface area contributed by atoms with Crippen LogP contribution in [0, 0.1) is 5.82 Å². The van der Waals surface area contributed by atoms with Crippen molar-refractivity contribution in [1.82, 2.24) is 4.98 Å². The van der Waals surface area contributed by atoms with Crippen LogP contribution < -0.4 is 15.6 Å². The summed E-state index contributed by atoms with van der Waals surface area (Å²) in [6.45, 7) is 0. The molecule has 4 rings (SSSR count). The van der Waals surface area contributed by atoms with Crippen LogP contribution in [0.5, 0.6) is 5.75 Å². The summed E-state index contributed by atoms with van der Waals surface area (Å²) in [7, 11) is 1.50. The third kappa shape index (κ3) is 3.85. The number of rotatable bonds is 4. The zero-order valence-corrected chi connectivity index (χ0v) is 16.6. The van der Waals surface area contributed by atoms with Gasteiger partial charge in [0.1, 0.15) is 11.3 Å². The average Bonchev–Trinajstić information content (AvgIpc) is 3.23. The maximum Gasteiger partial charge on any atom is 0.262 e. The van der Waals surface area contributed by atoms with Gasteiger partial charge in [0.25, 0.3) is 5.91 Å². The van der Waals surface area contributed by atoms with Crippen LogP contribution in [0.3, 0.4) is 0 Å². The molecule has 0 radical (unpaired) electrons. The Morgan fingerprint density at radius 1 is 1.31 bits per heavy atom. The van der Waals surface area contributed by atoms with E-state index in [9.17, 15) is 9.18 Å². The Morgan fingerprint density at radius 2 is 2.14 bits per heavy atom. The highest BCUT2D eigenvalue weighted by atomic mass is 35.5. The first-order valence-corrected chi connectivity index (χ1v) is 9.63. The van der Waals surface area contributed by atoms with Crippen molar-refractivity contribution in [3.8, 4) is 5.75 Å². The van der Waals surface area contributed by atoms with Crippen LogP contribution >= 0.6 is 22.9 Å². The van der Waals surface area contributed by atoms with Gasteiger partial charge in [-0.25, -0.2) is 14.4 Å². The van der Waals surface area contributed by atoms with Crippen LogP contribution in [0.2, 0.25) is 5.02 Å². The number of thiazole rings is 1. The van der Waals surface area contributed by atoms with Gasteiger partial charge in [0.15, 0.2) is 22.3 Å². The maximum atomic E-state index is 14.4. The first-order chi connectivity index (χ1) is 14.1. The van der Waals surface area contributed by atoms with Crippen LogP contribution in [0.25, 0.3) is 11.0 Å². The number of hydrogen-bond acceptors (Lipinski definition) is 6. The molecule has 2 aromatic heterocycles. The van der Waals surface area contributed by atoms with Crippen molar-refractivity contribution in [3.63, 3.8) is 0 Å². The lowest BCUT2D eigenvalue weighted by Crippen LogP contribution is -2.21. The van der Waals surface area contributed by atoms with Gasteiger partial charge in [-0.3, -0.25) is 10.1 Å². The van der Waals surface area contributed by atoms with E-state index in [4.69, 9.17) is 20.8 Å². The molecule has 0 saturated carbocycles. The van der Waals surface area contributed by atoms with E-state index in [2.05, 4.69) is 15.3 Å². The minimum absolute atomic E-state index is 0.0567. The third-order valence-electron chi connectivity index (χ3n) is 4.01. The predicted octanol–water partition coefficient (Wildman–Crippen LogP) is 5.18. The van der Waals surface area contributed by atoms with Crippen LogP contribution in [0.1, 0.15) is 10.4 Å². The van der Waals surface area contributed by atoms with E-state index in [1.54, 1.807) is 41.9 Å². The fourth-order valence-corrected chi connectivity index (χ4v) is 3.36. The van der Waals surface area contributed by atoms with E-state index < -0.39 is 11.7 Å². The smallest absolute Gasteiger partial charge is 0.262 e. The summed E-state index contributed by atoms with van der Waals surface area (Å²) in [6, 6.07) is 11.3. The van der Waals surface area contributed by atoms with Crippen molar-refractivity contribution in [2.45, 2.75) is 0 Å². The van der Waals surface area contributed by atoms with Gasteiger partial charge in [-0.05, 0) is 24.3 Å². The van der Waals surface area contributed by atoms with Crippen LogP contribution in [-0.2, 0) is 0 Å². The van der Waals surface area contributed by atoms with Crippen molar-refractivity contribution >= 4 is 50.6 Å². The molecule has 1 N–H and O–H groups in total. The first kappa shape index (κ1) is 19.1. The first-order valence-electron chi connectivity index (χ1n) is 8.37. The molecule has 0 atom stereocenters. The normalized spacial score (nSPS) is 11.6. The number of para-hydroxylation sites is 1. The highest BCUT2D eigenvalue weighted by molar-refractivity contribution is 7.13. The third-order valence-corrected chi connectivity index (χ3v) is 4.99. The molecule has 0 aliphatic carbocycles. The van der Waals surface area contributed by atoms with Crippen molar-refractivity contribution in [3.05, 3.63) is 76.0 Å². The number of benzene rings is 2. The topological polar surface area (TPSA) is 76.7 Å². The van der Waals surface area contributed by atoms with Crippen molar-refractivity contribution in [1.29, 1.82) is 0 Å². The predicted molar refractivity (Wildman–Crippen MR) is 109 cm³/mol. The molecule has 0 fully saturated rings. The van der Waals surface area contributed by atoms with Gasteiger partial charge in [-0.15, -0.1) is 11.3 Å². The number of amides is 1. The molecule has 1 amide bonds. The summed E-state index contributed by atoms with van der Waals surface area (Å²) in [5.74, 6) is -0.747. The van der Waals surface area contributed by atoms with Gasteiger partial charge in [0.05, 0.1) is 12.1 Å². The van der Waals surface area contributed by atoms with E-state index in [1.807, 2.05) is 0 Å². The number of aromatic nitrogens is 1. The molecule has 6 nitrogen and oxygen atoms in total. The molecule has 0 aliphatic heterocycles. The second-order valence-electron chi connectivity index (χ2n) is 5.82.